The molecular weight excluding hydrogens is 296 g/mol. The molecule has 1 aromatic heterocycles. The highest BCUT2D eigenvalue weighted by molar-refractivity contribution is 9.10. The maximum Gasteiger partial charge on any atom is 0.336 e. The minimum Gasteiger partial charge on any atom is -0.478 e. The standard InChI is InChI=1S/C13H13BrN2O2/c1-3-16-7-11(8(2)15-16)9-4-5-12(14)10(6-9)13(17)18/h4-7H,3H2,1-2H3,(H,17,18). The van der Waals surface area contributed by atoms with Crippen LogP contribution in [0.25, 0.3) is 11.1 Å². The number of rotatable bonds is 3. The summed E-state index contributed by atoms with van der Waals surface area (Å²) in [5, 5.41) is 13.5. The summed E-state index contributed by atoms with van der Waals surface area (Å²) in [5.41, 5.74) is 2.99. The summed E-state index contributed by atoms with van der Waals surface area (Å²) in [6.07, 6.45) is 1.93. The van der Waals surface area contributed by atoms with E-state index in [4.69, 9.17) is 5.11 Å². The molecule has 0 bridgehead atoms. The summed E-state index contributed by atoms with van der Waals surface area (Å²) in [5.74, 6) is -0.940. The zero-order chi connectivity index (χ0) is 13.3. The highest BCUT2D eigenvalue weighted by Crippen LogP contribution is 2.27. The van der Waals surface area contributed by atoms with Crippen LogP contribution < -0.4 is 0 Å². The number of hydrogen-bond donors (Lipinski definition) is 1. The number of carboxylic acids is 1. The maximum atomic E-state index is 11.1. The summed E-state index contributed by atoms with van der Waals surface area (Å²) >= 11 is 3.24. The molecule has 0 fully saturated rings. The molecule has 0 radical (unpaired) electrons. The number of aromatic carboxylic acids is 1. The van der Waals surface area contributed by atoms with Gasteiger partial charge in [0, 0.05) is 22.8 Å². The number of carboxylic acid groups (broad SMARTS) is 1. The summed E-state index contributed by atoms with van der Waals surface area (Å²) in [6, 6.07) is 5.30. The van der Waals surface area contributed by atoms with Crippen molar-refractivity contribution in [2.75, 3.05) is 0 Å². The molecule has 94 valence electrons. The number of aromatic nitrogens is 2. The van der Waals surface area contributed by atoms with Crippen LogP contribution in [0.5, 0.6) is 0 Å². The Balaban J connectivity index is 2.53. The summed E-state index contributed by atoms with van der Waals surface area (Å²) in [6.45, 7) is 4.73. The van der Waals surface area contributed by atoms with E-state index < -0.39 is 5.97 Å². The van der Waals surface area contributed by atoms with E-state index in [1.54, 1.807) is 12.1 Å². The molecular formula is C13H13BrN2O2. The van der Waals surface area contributed by atoms with E-state index in [9.17, 15) is 4.79 Å². The van der Waals surface area contributed by atoms with Crippen LogP contribution in [0.15, 0.2) is 28.9 Å². The molecule has 2 aromatic rings. The maximum absolute atomic E-state index is 11.1. The number of hydrogen-bond acceptors (Lipinski definition) is 2. The van der Waals surface area contributed by atoms with Crippen LogP contribution in [0.4, 0.5) is 0 Å². The largest absolute Gasteiger partial charge is 0.478 e. The molecule has 0 amide bonds. The second kappa shape index (κ2) is 4.94. The Morgan fingerprint density at radius 1 is 1.50 bits per heavy atom. The van der Waals surface area contributed by atoms with Crippen LogP contribution in [0.2, 0.25) is 0 Å². The van der Waals surface area contributed by atoms with Gasteiger partial charge in [0.05, 0.1) is 11.3 Å². The van der Waals surface area contributed by atoms with Crippen LogP contribution in [0.3, 0.4) is 0 Å². The van der Waals surface area contributed by atoms with Crippen molar-refractivity contribution in [3.63, 3.8) is 0 Å². The fraction of sp³-hybridized carbons (Fsp3) is 0.231. The SMILES string of the molecule is CCn1cc(-c2ccc(Br)c(C(=O)O)c2)c(C)n1. The first-order valence-electron chi connectivity index (χ1n) is 5.60. The second-order valence-electron chi connectivity index (χ2n) is 3.98. The molecule has 0 aliphatic rings. The van der Waals surface area contributed by atoms with Crippen molar-refractivity contribution in [1.29, 1.82) is 0 Å². The van der Waals surface area contributed by atoms with Gasteiger partial charge in [-0.05, 0) is 47.5 Å². The van der Waals surface area contributed by atoms with Crippen molar-refractivity contribution in [2.24, 2.45) is 0 Å². The fourth-order valence-corrected chi connectivity index (χ4v) is 2.24. The first kappa shape index (κ1) is 12.8. The highest BCUT2D eigenvalue weighted by Gasteiger charge is 2.12. The third-order valence-corrected chi connectivity index (χ3v) is 3.47. The average molecular weight is 309 g/mol. The smallest absolute Gasteiger partial charge is 0.336 e. The van der Waals surface area contributed by atoms with Gasteiger partial charge in [0.15, 0.2) is 0 Å². The lowest BCUT2D eigenvalue weighted by Crippen LogP contribution is -1.97. The molecule has 18 heavy (non-hydrogen) atoms. The van der Waals surface area contributed by atoms with Gasteiger partial charge in [0.1, 0.15) is 0 Å². The predicted molar refractivity (Wildman–Crippen MR) is 72.7 cm³/mol. The molecule has 0 spiro atoms. The number of carbonyl (C=O) groups is 1. The van der Waals surface area contributed by atoms with Gasteiger partial charge in [-0.25, -0.2) is 4.79 Å². The van der Waals surface area contributed by atoms with E-state index >= 15 is 0 Å². The van der Waals surface area contributed by atoms with Crippen molar-refractivity contribution >= 4 is 21.9 Å². The van der Waals surface area contributed by atoms with Gasteiger partial charge in [0.25, 0.3) is 0 Å². The molecule has 1 aromatic carbocycles. The van der Waals surface area contributed by atoms with Gasteiger partial charge in [-0.2, -0.15) is 5.10 Å². The average Bonchev–Trinajstić information content (AvgIpc) is 2.71. The minimum atomic E-state index is -0.940. The van der Waals surface area contributed by atoms with Gasteiger partial charge in [-0.3, -0.25) is 4.68 Å². The lowest BCUT2D eigenvalue weighted by Gasteiger charge is -2.03. The molecule has 2 rings (SSSR count). The molecule has 5 heteroatoms. The molecule has 0 aliphatic carbocycles. The normalized spacial score (nSPS) is 10.6. The first-order chi connectivity index (χ1) is 8.52. The lowest BCUT2D eigenvalue weighted by molar-refractivity contribution is 0.0696. The summed E-state index contributed by atoms with van der Waals surface area (Å²) < 4.78 is 2.42. The zero-order valence-electron chi connectivity index (χ0n) is 10.1. The van der Waals surface area contributed by atoms with Gasteiger partial charge < -0.3 is 5.11 Å². The van der Waals surface area contributed by atoms with Crippen molar-refractivity contribution in [2.45, 2.75) is 20.4 Å². The Bertz CT molecular complexity index is 605. The lowest BCUT2D eigenvalue weighted by atomic mass is 10.0. The zero-order valence-corrected chi connectivity index (χ0v) is 11.7. The Morgan fingerprint density at radius 3 is 2.78 bits per heavy atom. The van der Waals surface area contributed by atoms with E-state index in [-0.39, 0.29) is 5.56 Å². The van der Waals surface area contributed by atoms with Crippen molar-refractivity contribution < 1.29 is 9.90 Å². The van der Waals surface area contributed by atoms with Gasteiger partial charge in [-0.1, -0.05) is 6.07 Å². The van der Waals surface area contributed by atoms with E-state index in [0.717, 1.165) is 23.4 Å². The number of nitrogens with zero attached hydrogens (tertiary/aromatic N) is 2. The molecule has 1 N–H and O–H groups in total. The van der Waals surface area contributed by atoms with Crippen LogP contribution in [0.1, 0.15) is 23.0 Å². The van der Waals surface area contributed by atoms with E-state index in [1.165, 1.54) is 0 Å². The predicted octanol–water partition coefficient (Wildman–Crippen LogP) is 3.34. The fourth-order valence-electron chi connectivity index (χ4n) is 1.82. The topological polar surface area (TPSA) is 55.1 Å². The first-order valence-corrected chi connectivity index (χ1v) is 6.39. The van der Waals surface area contributed by atoms with Crippen LogP contribution in [0, 0.1) is 6.92 Å². The Morgan fingerprint density at radius 2 is 2.22 bits per heavy atom. The molecule has 0 unspecified atom stereocenters. The monoisotopic (exact) mass is 308 g/mol. The quantitative estimate of drug-likeness (QED) is 0.946. The Kier molecular flexibility index (Phi) is 3.52. The molecule has 0 saturated heterocycles. The minimum absolute atomic E-state index is 0.260. The summed E-state index contributed by atoms with van der Waals surface area (Å²) in [4.78, 5) is 11.1. The third-order valence-electron chi connectivity index (χ3n) is 2.78. The molecule has 0 aliphatic heterocycles. The molecule has 1 heterocycles. The second-order valence-corrected chi connectivity index (χ2v) is 4.84. The molecule has 0 atom stereocenters. The van der Waals surface area contributed by atoms with Gasteiger partial charge >= 0.3 is 5.97 Å². The highest BCUT2D eigenvalue weighted by atomic mass is 79.9. The number of aryl methyl sites for hydroxylation is 2. The van der Waals surface area contributed by atoms with Crippen molar-refractivity contribution in [1.82, 2.24) is 9.78 Å². The van der Waals surface area contributed by atoms with Crippen molar-refractivity contribution in [3.05, 3.63) is 40.1 Å². The molecule has 4 nitrogen and oxygen atoms in total. The van der Waals surface area contributed by atoms with Crippen LogP contribution >= 0.6 is 15.9 Å². The molecule has 0 saturated carbocycles. The summed E-state index contributed by atoms with van der Waals surface area (Å²) in [7, 11) is 0. The van der Waals surface area contributed by atoms with Gasteiger partial charge in [-0.15, -0.1) is 0 Å². The van der Waals surface area contributed by atoms with Crippen LogP contribution in [-0.2, 0) is 6.54 Å². The Labute approximate surface area is 113 Å². The van der Waals surface area contributed by atoms with Gasteiger partial charge in [0.2, 0.25) is 0 Å². The number of benzene rings is 1. The number of halogens is 1. The van der Waals surface area contributed by atoms with Crippen LogP contribution in [-0.4, -0.2) is 20.9 Å². The van der Waals surface area contributed by atoms with Crippen molar-refractivity contribution in [3.8, 4) is 11.1 Å². The van der Waals surface area contributed by atoms with E-state index in [1.807, 2.05) is 30.8 Å². The Hall–Kier alpha value is -1.62. The van der Waals surface area contributed by atoms with E-state index in [2.05, 4.69) is 21.0 Å². The third kappa shape index (κ3) is 2.31. The van der Waals surface area contributed by atoms with E-state index in [0.29, 0.717) is 4.47 Å².